The monoisotopic (exact) mass is 528 g/mol. The maximum atomic E-state index is 13.6. The summed E-state index contributed by atoms with van der Waals surface area (Å²) in [6.45, 7) is 7.93. The Kier molecular flexibility index (Phi) is 6.72. The number of fused-ring (bicyclic) bond motifs is 1. The van der Waals surface area contributed by atoms with Crippen molar-refractivity contribution in [2.75, 3.05) is 30.3 Å². The number of amides is 2. The molecule has 184 valence electrons. The zero-order valence-corrected chi connectivity index (χ0v) is 22.6. The summed E-state index contributed by atoms with van der Waals surface area (Å²) < 4.78 is 1.82. The van der Waals surface area contributed by atoms with Crippen LogP contribution in [0.4, 0.5) is 5.82 Å². The number of likely N-dealkylation sites (tertiary alicyclic amines) is 1. The third kappa shape index (κ3) is 4.76. The maximum Gasteiger partial charge on any atom is 0.242 e. The molecule has 1 saturated heterocycles. The molecule has 2 aliphatic rings. The Balaban J connectivity index is 1.74. The van der Waals surface area contributed by atoms with Gasteiger partial charge in [-0.2, -0.15) is 16.4 Å². The molecule has 0 aliphatic carbocycles. The van der Waals surface area contributed by atoms with Crippen LogP contribution in [0.5, 0.6) is 0 Å². The molecular weight excluding hydrogens is 500 g/mol. The van der Waals surface area contributed by atoms with Crippen LogP contribution in [0, 0.1) is 0 Å². The van der Waals surface area contributed by atoms with Crippen LogP contribution in [0.2, 0.25) is 5.02 Å². The van der Waals surface area contributed by atoms with Gasteiger partial charge >= 0.3 is 0 Å². The van der Waals surface area contributed by atoms with Gasteiger partial charge in [-0.15, -0.1) is 11.8 Å². The van der Waals surface area contributed by atoms with E-state index in [0.29, 0.717) is 16.6 Å². The van der Waals surface area contributed by atoms with Gasteiger partial charge in [0.05, 0.1) is 22.4 Å². The van der Waals surface area contributed by atoms with E-state index in [-0.39, 0.29) is 29.0 Å². The minimum absolute atomic E-state index is 0.0125. The van der Waals surface area contributed by atoms with Crippen LogP contribution >= 0.6 is 34.7 Å². The molecule has 0 bridgehead atoms. The third-order valence-electron chi connectivity index (χ3n) is 6.45. The van der Waals surface area contributed by atoms with Crippen LogP contribution in [0.25, 0.3) is 5.69 Å². The predicted octanol–water partition coefficient (Wildman–Crippen LogP) is 5.68. The number of hydrogen-bond donors (Lipinski definition) is 0. The van der Waals surface area contributed by atoms with Crippen LogP contribution in [0.15, 0.2) is 41.1 Å². The number of nitrogens with zero attached hydrogens (tertiary/aromatic N) is 4. The predicted molar refractivity (Wildman–Crippen MR) is 144 cm³/mol. The number of thioether (sulfide) groups is 1. The number of halogens is 1. The summed E-state index contributed by atoms with van der Waals surface area (Å²) in [7, 11) is 0. The molecule has 2 aliphatic heterocycles. The molecule has 6 nitrogen and oxygen atoms in total. The standard InChI is InChI=1S/C26H29ClN4O2S2/c1-26(2,3)24-22-23(17-9-12-34-15-17)35-16-21(33)30(14-20(32)29-10-4-5-11-29)25(22)31(28-24)19-8-6-7-18(27)13-19/h6-9,12-13,15,23H,4-5,10-11,14,16H2,1-3H3/t23-/m1/s1. The van der Waals surface area contributed by atoms with Crippen molar-refractivity contribution in [3.63, 3.8) is 0 Å². The van der Waals surface area contributed by atoms with Crippen LogP contribution in [-0.4, -0.2) is 51.9 Å². The highest BCUT2D eigenvalue weighted by atomic mass is 35.5. The molecule has 9 heteroatoms. The van der Waals surface area contributed by atoms with Crippen molar-refractivity contribution in [3.05, 3.63) is 62.9 Å². The lowest BCUT2D eigenvalue weighted by molar-refractivity contribution is -0.130. The highest BCUT2D eigenvalue weighted by Crippen LogP contribution is 2.48. The highest BCUT2D eigenvalue weighted by Gasteiger charge is 2.40. The molecule has 1 aromatic carbocycles. The Morgan fingerprint density at radius 1 is 1.20 bits per heavy atom. The van der Waals surface area contributed by atoms with E-state index in [9.17, 15) is 9.59 Å². The first kappa shape index (κ1) is 24.4. The second kappa shape index (κ2) is 9.64. The van der Waals surface area contributed by atoms with Gasteiger partial charge in [0.25, 0.3) is 0 Å². The number of benzene rings is 1. The van der Waals surface area contributed by atoms with Crippen LogP contribution in [-0.2, 0) is 15.0 Å². The van der Waals surface area contributed by atoms with E-state index in [1.54, 1.807) is 28.0 Å². The first-order chi connectivity index (χ1) is 16.7. The summed E-state index contributed by atoms with van der Waals surface area (Å²) in [5.74, 6) is 0.875. The van der Waals surface area contributed by atoms with Gasteiger partial charge in [0.1, 0.15) is 12.4 Å². The van der Waals surface area contributed by atoms with Gasteiger partial charge in [-0.1, -0.05) is 38.4 Å². The summed E-state index contributed by atoms with van der Waals surface area (Å²) in [4.78, 5) is 30.4. The van der Waals surface area contributed by atoms with Crippen molar-refractivity contribution in [2.24, 2.45) is 0 Å². The Labute approximate surface area is 219 Å². The number of carbonyl (C=O) groups excluding carboxylic acids is 2. The lowest BCUT2D eigenvalue weighted by Gasteiger charge is -2.26. The van der Waals surface area contributed by atoms with Gasteiger partial charge in [-0.3, -0.25) is 14.5 Å². The smallest absolute Gasteiger partial charge is 0.242 e. The minimum atomic E-state index is -0.277. The molecule has 2 amide bonds. The van der Waals surface area contributed by atoms with E-state index < -0.39 is 0 Å². The number of aromatic nitrogens is 2. The summed E-state index contributed by atoms with van der Waals surface area (Å²) in [5.41, 5.74) is 3.57. The van der Waals surface area contributed by atoms with Gasteiger partial charge < -0.3 is 4.90 Å². The topological polar surface area (TPSA) is 58.4 Å². The van der Waals surface area contributed by atoms with Gasteiger partial charge in [-0.05, 0) is 53.4 Å². The molecule has 2 aromatic heterocycles. The quantitative estimate of drug-likeness (QED) is 0.437. The zero-order chi connectivity index (χ0) is 24.7. The van der Waals surface area contributed by atoms with Crippen molar-refractivity contribution in [1.82, 2.24) is 14.7 Å². The van der Waals surface area contributed by atoms with Crippen molar-refractivity contribution >= 4 is 52.3 Å². The molecule has 1 fully saturated rings. The molecule has 0 N–H and O–H groups in total. The number of anilines is 1. The van der Waals surface area contributed by atoms with Gasteiger partial charge in [0.15, 0.2) is 0 Å². The number of thiophene rings is 1. The van der Waals surface area contributed by atoms with E-state index in [4.69, 9.17) is 16.7 Å². The average Bonchev–Trinajstić information content (AvgIpc) is 3.57. The fourth-order valence-corrected chi connectivity index (χ4v) is 6.89. The summed E-state index contributed by atoms with van der Waals surface area (Å²) in [6, 6.07) is 9.61. The SMILES string of the molecule is CC(C)(C)c1nn(-c2cccc(Cl)c2)c2c1[C@@H](c1ccsc1)SCC(=O)N2CC(=O)N1CCCC1. The van der Waals surface area contributed by atoms with E-state index in [1.165, 1.54) is 0 Å². The average molecular weight is 529 g/mol. The molecular formula is C26H29ClN4O2S2. The molecule has 1 atom stereocenters. The molecule has 0 radical (unpaired) electrons. The summed E-state index contributed by atoms with van der Waals surface area (Å²) >= 11 is 9.62. The normalized spacial score (nSPS) is 18.6. The van der Waals surface area contributed by atoms with Gasteiger partial charge in [0.2, 0.25) is 11.8 Å². The Hall–Kier alpha value is -2.29. The number of rotatable bonds is 4. The Morgan fingerprint density at radius 2 is 1.97 bits per heavy atom. The van der Waals surface area contributed by atoms with Crippen LogP contribution < -0.4 is 4.90 Å². The third-order valence-corrected chi connectivity index (χ3v) is 8.64. The van der Waals surface area contributed by atoms with Crippen molar-refractivity contribution < 1.29 is 9.59 Å². The second-order valence-electron chi connectivity index (χ2n) is 10.0. The Bertz CT molecular complexity index is 1240. The van der Waals surface area contributed by atoms with Gasteiger partial charge in [-0.25, -0.2) is 4.68 Å². The zero-order valence-electron chi connectivity index (χ0n) is 20.2. The fourth-order valence-electron chi connectivity index (χ4n) is 4.75. The molecule has 35 heavy (non-hydrogen) atoms. The molecule has 0 saturated carbocycles. The van der Waals surface area contributed by atoms with Crippen molar-refractivity contribution in [1.29, 1.82) is 0 Å². The minimum Gasteiger partial charge on any atom is -0.341 e. The lowest BCUT2D eigenvalue weighted by Crippen LogP contribution is -2.43. The van der Waals surface area contributed by atoms with E-state index in [0.717, 1.165) is 48.4 Å². The summed E-state index contributed by atoms with van der Waals surface area (Å²) in [6.07, 6.45) is 2.02. The highest BCUT2D eigenvalue weighted by molar-refractivity contribution is 8.00. The molecule has 5 rings (SSSR count). The largest absolute Gasteiger partial charge is 0.341 e. The van der Waals surface area contributed by atoms with E-state index in [2.05, 4.69) is 37.6 Å². The van der Waals surface area contributed by atoms with Gasteiger partial charge in [0, 0.05) is 29.1 Å². The molecule has 3 aromatic rings. The lowest BCUT2D eigenvalue weighted by atomic mass is 9.87. The first-order valence-corrected chi connectivity index (χ1v) is 14.2. The van der Waals surface area contributed by atoms with E-state index >= 15 is 0 Å². The molecule has 0 spiro atoms. The van der Waals surface area contributed by atoms with Crippen LogP contribution in [0.3, 0.4) is 0 Å². The molecule has 0 unspecified atom stereocenters. The van der Waals surface area contributed by atoms with Crippen molar-refractivity contribution in [3.8, 4) is 5.69 Å². The van der Waals surface area contributed by atoms with Crippen LogP contribution in [0.1, 0.15) is 55.7 Å². The van der Waals surface area contributed by atoms with Crippen molar-refractivity contribution in [2.45, 2.75) is 44.3 Å². The number of hydrogen-bond acceptors (Lipinski definition) is 5. The first-order valence-electron chi connectivity index (χ1n) is 11.8. The summed E-state index contributed by atoms with van der Waals surface area (Å²) in [5, 5.41) is 9.83. The second-order valence-corrected chi connectivity index (χ2v) is 12.4. The fraction of sp³-hybridized carbons (Fsp3) is 0.423. The van der Waals surface area contributed by atoms with E-state index in [1.807, 2.05) is 33.8 Å². The molecule has 4 heterocycles. The number of carbonyl (C=O) groups is 2. The maximum absolute atomic E-state index is 13.6. The Morgan fingerprint density at radius 3 is 2.63 bits per heavy atom.